The number of anilines is 1. The Morgan fingerprint density at radius 3 is 2.82 bits per heavy atom. The van der Waals surface area contributed by atoms with Crippen LogP contribution >= 0.6 is 11.8 Å². The highest BCUT2D eigenvalue weighted by atomic mass is 32.2. The van der Waals surface area contributed by atoms with Gasteiger partial charge in [-0.25, -0.2) is 0 Å². The molecule has 1 fully saturated rings. The summed E-state index contributed by atoms with van der Waals surface area (Å²) in [6.45, 7) is 1.91. The van der Waals surface area contributed by atoms with E-state index < -0.39 is 0 Å². The molecule has 1 aromatic carbocycles. The van der Waals surface area contributed by atoms with Gasteiger partial charge in [0, 0.05) is 22.5 Å². The summed E-state index contributed by atoms with van der Waals surface area (Å²) in [5, 5.41) is 3.51. The van der Waals surface area contributed by atoms with Crippen LogP contribution < -0.4 is 5.32 Å². The molecule has 120 valence electrons. The first-order chi connectivity index (χ1) is 10.5. The van der Waals surface area contributed by atoms with E-state index >= 15 is 0 Å². The van der Waals surface area contributed by atoms with Crippen LogP contribution in [0.2, 0.25) is 0 Å². The van der Waals surface area contributed by atoms with E-state index in [2.05, 4.69) is 16.5 Å². The number of hydrogen-bond acceptors (Lipinski definition) is 4. The molecule has 0 spiro atoms. The highest BCUT2D eigenvalue weighted by Gasteiger charge is 2.30. The van der Waals surface area contributed by atoms with Crippen molar-refractivity contribution in [3.63, 3.8) is 0 Å². The molecule has 0 unspecified atom stereocenters. The fourth-order valence-electron chi connectivity index (χ4n) is 3.05. The molecule has 0 heterocycles. The molecular formula is C17H24N2O2S. The van der Waals surface area contributed by atoms with Crippen LogP contribution in [0.3, 0.4) is 0 Å². The Morgan fingerprint density at radius 1 is 1.36 bits per heavy atom. The van der Waals surface area contributed by atoms with Crippen molar-refractivity contribution in [2.24, 2.45) is 0 Å². The van der Waals surface area contributed by atoms with Crippen LogP contribution in [0.1, 0.15) is 36.5 Å². The molecule has 0 bridgehead atoms. The maximum atomic E-state index is 12.2. The number of nitrogens with one attached hydrogen (secondary N) is 1. The summed E-state index contributed by atoms with van der Waals surface area (Å²) < 4.78 is 0. The van der Waals surface area contributed by atoms with Crippen molar-refractivity contribution < 1.29 is 9.59 Å². The highest BCUT2D eigenvalue weighted by Crippen LogP contribution is 2.31. The quantitative estimate of drug-likeness (QED) is 0.819. The number of carbonyl (C=O) groups excluding carboxylic acids is 2. The van der Waals surface area contributed by atoms with Crippen molar-refractivity contribution >= 4 is 29.1 Å². The summed E-state index contributed by atoms with van der Waals surface area (Å²) in [5.74, 6) is -0.0306. The van der Waals surface area contributed by atoms with Gasteiger partial charge in [-0.3, -0.25) is 14.5 Å². The minimum Gasteiger partial charge on any atom is -0.325 e. The third-order valence-corrected chi connectivity index (χ3v) is 5.39. The first kappa shape index (κ1) is 17.0. The standard InChI is InChI=1S/C17H24N2O2S/c1-12(20)13-6-4-7-14(10-13)18-17(21)11-19(2)15-8-5-9-16(15)22-3/h4,6-7,10,15-16H,5,8-9,11H2,1-3H3,(H,18,21)/t15-,16-/m1/s1. The molecule has 1 amide bonds. The number of carbonyl (C=O) groups is 2. The minimum atomic E-state index is -0.0324. The van der Waals surface area contributed by atoms with E-state index in [1.54, 1.807) is 18.2 Å². The van der Waals surface area contributed by atoms with Crippen molar-refractivity contribution in [2.75, 3.05) is 25.2 Å². The molecule has 0 radical (unpaired) electrons. The Balaban J connectivity index is 1.92. The lowest BCUT2D eigenvalue weighted by Gasteiger charge is -2.28. The molecule has 1 saturated carbocycles. The van der Waals surface area contributed by atoms with Crippen molar-refractivity contribution in [3.8, 4) is 0 Å². The predicted molar refractivity (Wildman–Crippen MR) is 92.6 cm³/mol. The lowest BCUT2D eigenvalue weighted by molar-refractivity contribution is -0.117. The largest absolute Gasteiger partial charge is 0.325 e. The van der Waals surface area contributed by atoms with Gasteiger partial charge in [-0.15, -0.1) is 0 Å². The molecule has 4 nitrogen and oxygen atoms in total. The first-order valence-electron chi connectivity index (χ1n) is 7.65. The average molecular weight is 320 g/mol. The van der Waals surface area contributed by atoms with Gasteiger partial charge in [-0.05, 0) is 45.2 Å². The molecule has 0 aliphatic heterocycles. The number of likely N-dealkylation sites (N-methyl/N-ethyl adjacent to an activating group) is 1. The van der Waals surface area contributed by atoms with Crippen LogP contribution in [-0.2, 0) is 4.79 Å². The predicted octanol–water partition coefficient (Wildman–Crippen LogP) is 3.04. The Kier molecular flexibility index (Phi) is 6.03. The molecule has 1 aliphatic carbocycles. The second-order valence-corrected chi connectivity index (χ2v) is 6.95. The number of benzene rings is 1. The SMILES string of the molecule is CS[C@@H]1CCC[C@H]1N(C)CC(=O)Nc1cccc(C(C)=O)c1. The highest BCUT2D eigenvalue weighted by molar-refractivity contribution is 7.99. The number of nitrogens with zero attached hydrogens (tertiary/aromatic N) is 1. The molecule has 2 rings (SSSR count). The zero-order valence-electron chi connectivity index (χ0n) is 13.5. The van der Waals surface area contributed by atoms with Crippen LogP contribution in [0.15, 0.2) is 24.3 Å². The molecule has 0 aromatic heterocycles. The van der Waals surface area contributed by atoms with Crippen molar-refractivity contribution in [1.82, 2.24) is 4.90 Å². The average Bonchev–Trinajstić information content (AvgIpc) is 2.95. The lowest BCUT2D eigenvalue weighted by atomic mass is 10.1. The van der Waals surface area contributed by atoms with Crippen molar-refractivity contribution in [1.29, 1.82) is 0 Å². The van der Waals surface area contributed by atoms with Crippen LogP contribution in [0, 0.1) is 0 Å². The van der Waals surface area contributed by atoms with Crippen LogP contribution in [0.4, 0.5) is 5.69 Å². The number of Topliss-reactive ketones (excluding diaryl/α,β-unsaturated/α-hetero) is 1. The van der Waals surface area contributed by atoms with Gasteiger partial charge < -0.3 is 5.32 Å². The van der Waals surface area contributed by atoms with Gasteiger partial charge in [-0.1, -0.05) is 18.6 Å². The van der Waals surface area contributed by atoms with E-state index in [1.807, 2.05) is 24.9 Å². The number of thioether (sulfide) groups is 1. The fraction of sp³-hybridized carbons (Fsp3) is 0.529. The second-order valence-electron chi connectivity index (χ2n) is 5.87. The van der Waals surface area contributed by atoms with Crippen LogP contribution in [0.5, 0.6) is 0 Å². The minimum absolute atomic E-state index is 0.00184. The van der Waals surface area contributed by atoms with Gasteiger partial charge in [-0.2, -0.15) is 11.8 Å². The topological polar surface area (TPSA) is 49.4 Å². The Hall–Kier alpha value is -1.33. The zero-order chi connectivity index (χ0) is 16.1. The number of rotatable bonds is 6. The van der Waals surface area contributed by atoms with Crippen LogP contribution in [-0.4, -0.2) is 47.7 Å². The van der Waals surface area contributed by atoms with Gasteiger partial charge >= 0.3 is 0 Å². The third kappa shape index (κ3) is 4.34. The summed E-state index contributed by atoms with van der Waals surface area (Å²) in [7, 11) is 2.02. The second kappa shape index (κ2) is 7.79. The Bertz CT molecular complexity index is 547. The summed E-state index contributed by atoms with van der Waals surface area (Å²) in [5.41, 5.74) is 1.29. The van der Waals surface area contributed by atoms with Gasteiger partial charge in [0.05, 0.1) is 6.54 Å². The van der Waals surface area contributed by atoms with E-state index in [9.17, 15) is 9.59 Å². The number of ketones is 1. The molecule has 1 aliphatic rings. The van der Waals surface area contributed by atoms with E-state index in [-0.39, 0.29) is 11.7 Å². The van der Waals surface area contributed by atoms with Gasteiger partial charge in [0.1, 0.15) is 0 Å². The lowest BCUT2D eigenvalue weighted by Crippen LogP contribution is -2.41. The van der Waals surface area contributed by atoms with E-state index in [0.29, 0.717) is 29.1 Å². The normalized spacial score (nSPS) is 21.1. The summed E-state index contributed by atoms with van der Waals surface area (Å²) in [4.78, 5) is 25.7. The molecule has 0 saturated heterocycles. The Labute approximate surface area is 136 Å². The maximum Gasteiger partial charge on any atom is 0.238 e. The van der Waals surface area contributed by atoms with E-state index in [4.69, 9.17) is 0 Å². The molecule has 1 aromatic rings. The van der Waals surface area contributed by atoms with E-state index in [1.165, 1.54) is 19.8 Å². The molecular weight excluding hydrogens is 296 g/mol. The molecule has 1 N–H and O–H groups in total. The van der Waals surface area contributed by atoms with Gasteiger partial charge in [0.25, 0.3) is 0 Å². The Morgan fingerprint density at radius 2 is 2.14 bits per heavy atom. The van der Waals surface area contributed by atoms with E-state index in [0.717, 1.165) is 6.42 Å². The first-order valence-corrected chi connectivity index (χ1v) is 8.94. The van der Waals surface area contributed by atoms with Gasteiger partial charge in [0.15, 0.2) is 5.78 Å². The zero-order valence-corrected chi connectivity index (χ0v) is 14.3. The molecule has 22 heavy (non-hydrogen) atoms. The number of amides is 1. The molecule has 5 heteroatoms. The van der Waals surface area contributed by atoms with Crippen molar-refractivity contribution in [3.05, 3.63) is 29.8 Å². The smallest absolute Gasteiger partial charge is 0.238 e. The third-order valence-electron chi connectivity index (χ3n) is 4.23. The maximum absolute atomic E-state index is 12.2. The van der Waals surface area contributed by atoms with Crippen LogP contribution in [0.25, 0.3) is 0 Å². The van der Waals surface area contributed by atoms with Gasteiger partial charge in [0.2, 0.25) is 5.91 Å². The summed E-state index contributed by atoms with van der Waals surface area (Å²) in [6, 6.07) is 7.55. The fourth-order valence-corrected chi connectivity index (χ4v) is 4.11. The summed E-state index contributed by atoms with van der Waals surface area (Å²) in [6.07, 6.45) is 5.78. The monoisotopic (exact) mass is 320 g/mol. The van der Waals surface area contributed by atoms with Crippen molar-refractivity contribution in [2.45, 2.75) is 37.5 Å². The number of hydrogen-bond donors (Lipinski definition) is 1. The summed E-state index contributed by atoms with van der Waals surface area (Å²) >= 11 is 1.89. The molecule has 2 atom stereocenters.